The highest BCUT2D eigenvalue weighted by Crippen LogP contribution is 2.22. The Morgan fingerprint density at radius 1 is 1.33 bits per heavy atom. The van der Waals surface area contributed by atoms with E-state index in [4.69, 9.17) is 5.73 Å². The standard InChI is InChI=1S/C12H14N8S/c1-2-8(9-14-5-7-21-9)16-11-17-10(13)18-12(19-11)20-6-3-4-15-20/h3-8H,2H2,1H3,(H3,13,16,17,18,19). The quantitative estimate of drug-likeness (QED) is 0.738. The van der Waals surface area contributed by atoms with Crippen LogP contribution < -0.4 is 11.1 Å². The van der Waals surface area contributed by atoms with E-state index in [1.165, 1.54) is 4.68 Å². The molecular weight excluding hydrogens is 288 g/mol. The molecule has 0 saturated heterocycles. The molecule has 1 unspecified atom stereocenters. The summed E-state index contributed by atoms with van der Waals surface area (Å²) < 4.78 is 1.54. The zero-order valence-electron chi connectivity index (χ0n) is 11.3. The van der Waals surface area contributed by atoms with Crippen molar-refractivity contribution in [3.05, 3.63) is 35.0 Å². The van der Waals surface area contributed by atoms with Crippen LogP contribution in [0.4, 0.5) is 11.9 Å². The minimum absolute atomic E-state index is 0.0391. The van der Waals surface area contributed by atoms with Gasteiger partial charge in [0, 0.05) is 24.0 Å². The summed E-state index contributed by atoms with van der Waals surface area (Å²) in [6, 6.07) is 1.83. The maximum absolute atomic E-state index is 5.75. The third kappa shape index (κ3) is 2.97. The van der Waals surface area contributed by atoms with Gasteiger partial charge in [0.05, 0.1) is 6.04 Å². The lowest BCUT2D eigenvalue weighted by atomic mass is 10.2. The van der Waals surface area contributed by atoms with Crippen LogP contribution in [0, 0.1) is 0 Å². The Hall–Kier alpha value is -2.55. The van der Waals surface area contributed by atoms with Gasteiger partial charge in [-0.25, -0.2) is 9.67 Å². The fourth-order valence-corrected chi connectivity index (χ4v) is 2.61. The Morgan fingerprint density at radius 3 is 2.90 bits per heavy atom. The number of hydrogen-bond acceptors (Lipinski definition) is 8. The molecule has 0 amide bonds. The fraction of sp³-hybridized carbons (Fsp3) is 0.250. The molecule has 0 bridgehead atoms. The summed E-state index contributed by atoms with van der Waals surface area (Å²) in [7, 11) is 0. The van der Waals surface area contributed by atoms with E-state index >= 15 is 0 Å². The number of nitrogens with zero attached hydrogens (tertiary/aromatic N) is 6. The van der Waals surface area contributed by atoms with E-state index in [1.54, 1.807) is 36.0 Å². The van der Waals surface area contributed by atoms with E-state index < -0.39 is 0 Å². The van der Waals surface area contributed by atoms with Gasteiger partial charge in [0.1, 0.15) is 5.01 Å². The molecule has 0 fully saturated rings. The van der Waals surface area contributed by atoms with Crippen molar-refractivity contribution < 1.29 is 0 Å². The van der Waals surface area contributed by atoms with Crippen molar-refractivity contribution in [3.8, 4) is 5.95 Å². The lowest BCUT2D eigenvalue weighted by molar-refractivity contribution is 0.723. The first-order valence-electron chi connectivity index (χ1n) is 6.43. The fourth-order valence-electron chi connectivity index (χ4n) is 1.84. The van der Waals surface area contributed by atoms with Crippen LogP contribution in [-0.2, 0) is 0 Å². The van der Waals surface area contributed by atoms with E-state index in [0.29, 0.717) is 11.9 Å². The molecule has 8 nitrogen and oxygen atoms in total. The van der Waals surface area contributed by atoms with Gasteiger partial charge in [-0.1, -0.05) is 6.92 Å². The number of aromatic nitrogens is 6. The minimum atomic E-state index is 0.0391. The number of anilines is 2. The van der Waals surface area contributed by atoms with Crippen molar-refractivity contribution in [2.45, 2.75) is 19.4 Å². The highest BCUT2D eigenvalue weighted by molar-refractivity contribution is 7.09. The molecule has 0 spiro atoms. The molecule has 21 heavy (non-hydrogen) atoms. The summed E-state index contributed by atoms with van der Waals surface area (Å²) in [4.78, 5) is 16.8. The predicted octanol–water partition coefficient (Wildman–Crippen LogP) is 1.66. The van der Waals surface area contributed by atoms with Gasteiger partial charge in [-0.3, -0.25) is 0 Å². The Morgan fingerprint density at radius 2 is 2.24 bits per heavy atom. The third-order valence-electron chi connectivity index (χ3n) is 2.81. The molecule has 0 aliphatic carbocycles. The molecule has 0 aromatic carbocycles. The maximum atomic E-state index is 5.75. The van der Waals surface area contributed by atoms with E-state index in [0.717, 1.165) is 11.4 Å². The normalized spacial score (nSPS) is 12.2. The molecule has 3 aromatic heterocycles. The highest BCUT2D eigenvalue weighted by atomic mass is 32.1. The summed E-state index contributed by atoms with van der Waals surface area (Å²) in [5, 5.41) is 10.3. The lowest BCUT2D eigenvalue weighted by Gasteiger charge is -2.14. The number of nitrogen functional groups attached to an aromatic ring is 1. The van der Waals surface area contributed by atoms with Crippen molar-refractivity contribution >= 4 is 23.2 Å². The van der Waals surface area contributed by atoms with Gasteiger partial charge in [-0.05, 0) is 12.5 Å². The monoisotopic (exact) mass is 302 g/mol. The second kappa shape index (κ2) is 5.83. The molecule has 3 heterocycles. The number of hydrogen-bond donors (Lipinski definition) is 2. The molecule has 0 aliphatic rings. The molecule has 9 heteroatoms. The van der Waals surface area contributed by atoms with Gasteiger partial charge >= 0.3 is 0 Å². The summed E-state index contributed by atoms with van der Waals surface area (Å²) in [6.45, 7) is 2.07. The second-order valence-corrected chi connectivity index (χ2v) is 5.17. The summed E-state index contributed by atoms with van der Waals surface area (Å²) in [5.41, 5.74) is 5.75. The Balaban J connectivity index is 1.88. The third-order valence-corrected chi connectivity index (χ3v) is 3.70. The van der Waals surface area contributed by atoms with Crippen LogP contribution >= 0.6 is 11.3 Å². The zero-order valence-corrected chi connectivity index (χ0v) is 12.2. The highest BCUT2D eigenvalue weighted by Gasteiger charge is 2.15. The van der Waals surface area contributed by atoms with E-state index in [9.17, 15) is 0 Å². The predicted molar refractivity (Wildman–Crippen MR) is 80.1 cm³/mol. The van der Waals surface area contributed by atoms with Crippen LogP contribution in [-0.4, -0.2) is 29.7 Å². The van der Waals surface area contributed by atoms with Crippen molar-refractivity contribution in [1.82, 2.24) is 29.7 Å². The number of nitrogens with one attached hydrogen (secondary N) is 1. The average molecular weight is 302 g/mol. The Kier molecular flexibility index (Phi) is 3.73. The maximum Gasteiger partial charge on any atom is 0.257 e. The van der Waals surface area contributed by atoms with Gasteiger partial charge < -0.3 is 11.1 Å². The zero-order chi connectivity index (χ0) is 14.7. The van der Waals surface area contributed by atoms with E-state index in [1.807, 2.05) is 5.38 Å². The Labute approximate surface area is 125 Å². The van der Waals surface area contributed by atoms with Crippen molar-refractivity contribution in [3.63, 3.8) is 0 Å². The molecule has 0 saturated carbocycles. The van der Waals surface area contributed by atoms with Crippen molar-refractivity contribution in [2.75, 3.05) is 11.1 Å². The van der Waals surface area contributed by atoms with E-state index in [-0.39, 0.29) is 12.0 Å². The summed E-state index contributed by atoms with van der Waals surface area (Å²) in [5.74, 6) is 0.936. The molecule has 0 aliphatic heterocycles. The van der Waals surface area contributed by atoms with Crippen LogP contribution in [0.5, 0.6) is 0 Å². The Bertz CT molecular complexity index is 694. The first-order chi connectivity index (χ1) is 10.3. The number of nitrogens with two attached hydrogens (primary N) is 1. The first-order valence-corrected chi connectivity index (χ1v) is 7.31. The molecule has 0 radical (unpaired) electrons. The van der Waals surface area contributed by atoms with Gasteiger partial charge in [0.15, 0.2) is 0 Å². The molecule has 3 aromatic rings. The summed E-state index contributed by atoms with van der Waals surface area (Å²) >= 11 is 1.59. The molecule has 3 N–H and O–H groups in total. The minimum Gasteiger partial charge on any atom is -0.368 e. The van der Waals surface area contributed by atoms with Crippen LogP contribution in [0.3, 0.4) is 0 Å². The van der Waals surface area contributed by atoms with Crippen LogP contribution in [0.15, 0.2) is 30.0 Å². The van der Waals surface area contributed by atoms with E-state index in [2.05, 4.69) is 37.3 Å². The van der Waals surface area contributed by atoms with Crippen molar-refractivity contribution in [2.24, 2.45) is 0 Å². The average Bonchev–Trinajstić information content (AvgIpc) is 3.16. The SMILES string of the molecule is CCC(Nc1nc(N)nc(-n2cccn2)n1)c1nccs1. The first kappa shape index (κ1) is 13.4. The molecular formula is C12H14N8S. The summed E-state index contributed by atoms with van der Waals surface area (Å²) in [6.07, 6.45) is 6.03. The van der Waals surface area contributed by atoms with Crippen LogP contribution in [0.2, 0.25) is 0 Å². The number of rotatable bonds is 5. The van der Waals surface area contributed by atoms with Crippen molar-refractivity contribution in [1.29, 1.82) is 0 Å². The van der Waals surface area contributed by atoms with Gasteiger partial charge in [0.2, 0.25) is 11.9 Å². The van der Waals surface area contributed by atoms with Crippen LogP contribution in [0.25, 0.3) is 5.95 Å². The largest absolute Gasteiger partial charge is 0.368 e. The molecule has 108 valence electrons. The van der Waals surface area contributed by atoms with Gasteiger partial charge in [-0.15, -0.1) is 11.3 Å². The molecule has 1 atom stereocenters. The smallest absolute Gasteiger partial charge is 0.257 e. The topological polar surface area (TPSA) is 107 Å². The number of thiazole rings is 1. The van der Waals surface area contributed by atoms with Crippen LogP contribution in [0.1, 0.15) is 24.4 Å². The van der Waals surface area contributed by atoms with Gasteiger partial charge in [-0.2, -0.15) is 20.1 Å². The lowest BCUT2D eigenvalue weighted by Crippen LogP contribution is -2.15. The molecule has 3 rings (SSSR count). The van der Waals surface area contributed by atoms with Gasteiger partial charge in [0.25, 0.3) is 5.95 Å². The second-order valence-electron chi connectivity index (χ2n) is 4.24.